The molecule has 1 heterocycles. The summed E-state index contributed by atoms with van der Waals surface area (Å²) in [6, 6.07) is 14.2. The number of nitro benzene ring substituents is 1. The van der Waals surface area contributed by atoms with E-state index in [9.17, 15) is 14.9 Å². The molecule has 8 heteroatoms. The van der Waals surface area contributed by atoms with Crippen molar-refractivity contribution in [1.29, 1.82) is 0 Å². The van der Waals surface area contributed by atoms with Crippen LogP contribution in [-0.2, 0) is 0 Å². The monoisotopic (exact) mass is 393 g/mol. The van der Waals surface area contributed by atoms with Gasteiger partial charge in [0, 0.05) is 28.0 Å². The second kappa shape index (κ2) is 9.56. The predicted octanol–water partition coefficient (Wildman–Crippen LogP) is 3.65. The number of halogens is 1. The van der Waals surface area contributed by atoms with Crippen molar-refractivity contribution >= 4 is 35.8 Å². The lowest BCUT2D eigenvalue weighted by Crippen LogP contribution is -2.42. The number of nitro groups is 1. The number of hydrogen-bond donors (Lipinski definition) is 2. The summed E-state index contributed by atoms with van der Waals surface area (Å²) in [4.78, 5) is 25.0. The SMILES string of the molecule is Cl.O=C(NC1CCNCC1)c1cc([N+](=O)[O-])ccc1Sc1ccccc1. The van der Waals surface area contributed by atoms with Gasteiger partial charge in [-0.1, -0.05) is 30.0 Å². The number of carbonyl (C=O) groups excluding carboxylic acids is 1. The van der Waals surface area contributed by atoms with Gasteiger partial charge < -0.3 is 10.6 Å². The third-order valence-electron chi connectivity index (χ3n) is 4.06. The van der Waals surface area contributed by atoms with Crippen LogP contribution < -0.4 is 10.6 Å². The number of hydrogen-bond acceptors (Lipinski definition) is 5. The van der Waals surface area contributed by atoms with Gasteiger partial charge in [0.05, 0.1) is 10.5 Å². The van der Waals surface area contributed by atoms with Crippen LogP contribution in [0, 0.1) is 10.1 Å². The zero-order valence-corrected chi connectivity index (χ0v) is 15.6. The summed E-state index contributed by atoms with van der Waals surface area (Å²) in [6.45, 7) is 1.73. The molecule has 1 amide bonds. The van der Waals surface area contributed by atoms with E-state index in [1.54, 1.807) is 6.07 Å². The number of benzene rings is 2. The second-order valence-corrected chi connectivity index (χ2v) is 6.97. The smallest absolute Gasteiger partial charge is 0.270 e. The van der Waals surface area contributed by atoms with Crippen molar-refractivity contribution in [1.82, 2.24) is 10.6 Å². The number of piperidine rings is 1. The molecule has 1 aliphatic rings. The topological polar surface area (TPSA) is 84.3 Å². The highest BCUT2D eigenvalue weighted by Crippen LogP contribution is 2.32. The van der Waals surface area contributed by atoms with Crippen molar-refractivity contribution in [3.8, 4) is 0 Å². The van der Waals surface area contributed by atoms with E-state index in [2.05, 4.69) is 10.6 Å². The molecular weight excluding hydrogens is 374 g/mol. The Bertz CT molecular complexity index is 768. The molecule has 1 aliphatic heterocycles. The molecule has 1 fully saturated rings. The summed E-state index contributed by atoms with van der Waals surface area (Å²) in [5.74, 6) is -0.256. The molecule has 138 valence electrons. The van der Waals surface area contributed by atoms with Gasteiger partial charge in [0.2, 0.25) is 0 Å². The summed E-state index contributed by atoms with van der Waals surface area (Å²) < 4.78 is 0. The first-order chi connectivity index (χ1) is 12.1. The van der Waals surface area contributed by atoms with E-state index < -0.39 is 4.92 Å². The zero-order valence-electron chi connectivity index (χ0n) is 14.0. The minimum Gasteiger partial charge on any atom is -0.349 e. The maximum absolute atomic E-state index is 12.7. The fraction of sp³-hybridized carbons (Fsp3) is 0.278. The molecule has 2 aromatic carbocycles. The van der Waals surface area contributed by atoms with Gasteiger partial charge in [-0.2, -0.15) is 0 Å². The van der Waals surface area contributed by atoms with Crippen LogP contribution in [0.4, 0.5) is 5.69 Å². The van der Waals surface area contributed by atoms with Crippen molar-refractivity contribution in [2.24, 2.45) is 0 Å². The Kier molecular flexibility index (Phi) is 7.44. The van der Waals surface area contributed by atoms with Crippen LogP contribution in [0.3, 0.4) is 0 Å². The Morgan fingerprint density at radius 3 is 2.50 bits per heavy atom. The van der Waals surface area contributed by atoms with Gasteiger partial charge in [0.15, 0.2) is 0 Å². The number of amides is 1. The average Bonchev–Trinajstić information content (AvgIpc) is 2.63. The van der Waals surface area contributed by atoms with Crippen LogP contribution in [0.5, 0.6) is 0 Å². The van der Waals surface area contributed by atoms with E-state index in [4.69, 9.17) is 0 Å². The first-order valence-corrected chi connectivity index (χ1v) is 8.98. The molecule has 0 aromatic heterocycles. The molecule has 26 heavy (non-hydrogen) atoms. The molecule has 6 nitrogen and oxygen atoms in total. The lowest BCUT2D eigenvalue weighted by molar-refractivity contribution is -0.384. The fourth-order valence-electron chi connectivity index (χ4n) is 2.74. The van der Waals surface area contributed by atoms with Gasteiger partial charge >= 0.3 is 0 Å². The van der Waals surface area contributed by atoms with Crippen LogP contribution in [0.1, 0.15) is 23.2 Å². The predicted molar refractivity (Wildman–Crippen MR) is 104 cm³/mol. The van der Waals surface area contributed by atoms with E-state index in [1.165, 1.54) is 23.9 Å². The second-order valence-electron chi connectivity index (χ2n) is 5.85. The summed E-state index contributed by atoms with van der Waals surface area (Å²) in [5, 5.41) is 17.4. The minimum absolute atomic E-state index is 0. The molecule has 1 saturated heterocycles. The van der Waals surface area contributed by atoms with E-state index in [1.807, 2.05) is 30.3 Å². The third kappa shape index (κ3) is 5.20. The lowest BCUT2D eigenvalue weighted by atomic mass is 10.1. The molecule has 0 spiro atoms. The average molecular weight is 394 g/mol. The van der Waals surface area contributed by atoms with Gasteiger partial charge in [-0.05, 0) is 44.1 Å². The normalized spacial score (nSPS) is 14.3. The fourth-order valence-corrected chi connectivity index (χ4v) is 3.69. The van der Waals surface area contributed by atoms with Gasteiger partial charge in [0.25, 0.3) is 11.6 Å². The van der Waals surface area contributed by atoms with Crippen molar-refractivity contribution < 1.29 is 9.72 Å². The Balaban J connectivity index is 0.00000243. The molecular formula is C18H20ClN3O3S. The number of carbonyl (C=O) groups is 1. The summed E-state index contributed by atoms with van der Waals surface area (Å²) >= 11 is 1.43. The van der Waals surface area contributed by atoms with Gasteiger partial charge in [-0.25, -0.2) is 0 Å². The maximum Gasteiger partial charge on any atom is 0.270 e. The first kappa shape index (κ1) is 20.2. The largest absolute Gasteiger partial charge is 0.349 e. The molecule has 0 unspecified atom stereocenters. The lowest BCUT2D eigenvalue weighted by Gasteiger charge is -2.24. The Morgan fingerprint density at radius 2 is 1.85 bits per heavy atom. The molecule has 0 atom stereocenters. The van der Waals surface area contributed by atoms with Crippen LogP contribution in [-0.4, -0.2) is 30.0 Å². The van der Waals surface area contributed by atoms with Crippen molar-refractivity contribution in [2.75, 3.05) is 13.1 Å². The van der Waals surface area contributed by atoms with Gasteiger partial charge in [0.1, 0.15) is 0 Å². The highest BCUT2D eigenvalue weighted by atomic mass is 35.5. The van der Waals surface area contributed by atoms with E-state index >= 15 is 0 Å². The van der Waals surface area contributed by atoms with Crippen LogP contribution >= 0.6 is 24.2 Å². The third-order valence-corrected chi connectivity index (χ3v) is 5.15. The van der Waals surface area contributed by atoms with Gasteiger partial charge in [-0.15, -0.1) is 12.4 Å². The van der Waals surface area contributed by atoms with Crippen LogP contribution in [0.25, 0.3) is 0 Å². The Hall–Kier alpha value is -2.09. The Labute approximate surface area is 162 Å². The summed E-state index contributed by atoms with van der Waals surface area (Å²) in [6.07, 6.45) is 1.73. The number of nitrogens with zero attached hydrogens (tertiary/aromatic N) is 1. The Morgan fingerprint density at radius 1 is 1.15 bits per heavy atom. The van der Waals surface area contributed by atoms with Crippen molar-refractivity contribution in [3.63, 3.8) is 0 Å². The van der Waals surface area contributed by atoms with Gasteiger partial charge in [-0.3, -0.25) is 14.9 Å². The zero-order chi connectivity index (χ0) is 17.6. The number of nitrogens with one attached hydrogen (secondary N) is 2. The molecule has 0 bridgehead atoms. The number of rotatable bonds is 5. The standard InChI is InChI=1S/C18H19N3O3S.ClH/c22-18(20-13-8-10-19-11-9-13)16-12-14(21(23)24)6-7-17(16)25-15-4-2-1-3-5-15;/h1-7,12-13,19H,8-11H2,(H,20,22);1H. The molecule has 0 radical (unpaired) electrons. The van der Waals surface area contributed by atoms with Crippen molar-refractivity contribution in [2.45, 2.75) is 28.7 Å². The molecule has 0 aliphatic carbocycles. The molecule has 0 saturated carbocycles. The highest BCUT2D eigenvalue weighted by molar-refractivity contribution is 7.99. The quantitative estimate of drug-likeness (QED) is 0.598. The van der Waals surface area contributed by atoms with E-state index in [0.717, 1.165) is 30.8 Å². The summed E-state index contributed by atoms with van der Waals surface area (Å²) in [7, 11) is 0. The van der Waals surface area contributed by atoms with E-state index in [-0.39, 0.29) is 30.0 Å². The van der Waals surface area contributed by atoms with E-state index in [0.29, 0.717) is 10.5 Å². The molecule has 2 N–H and O–H groups in total. The minimum atomic E-state index is -0.474. The highest BCUT2D eigenvalue weighted by Gasteiger charge is 2.21. The maximum atomic E-state index is 12.7. The molecule has 2 aromatic rings. The van der Waals surface area contributed by atoms with Crippen molar-refractivity contribution in [3.05, 3.63) is 64.2 Å². The number of non-ortho nitro benzene ring substituents is 1. The first-order valence-electron chi connectivity index (χ1n) is 8.16. The van der Waals surface area contributed by atoms with Crippen LogP contribution in [0.15, 0.2) is 58.3 Å². The molecule has 3 rings (SSSR count). The van der Waals surface area contributed by atoms with Crippen LogP contribution in [0.2, 0.25) is 0 Å². The summed E-state index contributed by atoms with van der Waals surface area (Å²) in [5.41, 5.74) is 0.273.